The number of nitrogens with one attached hydrogen (secondary N) is 2. The van der Waals surface area contributed by atoms with Crippen LogP contribution >= 0.6 is 11.3 Å². The number of benzene rings is 1. The van der Waals surface area contributed by atoms with Crippen molar-refractivity contribution in [1.29, 1.82) is 0 Å². The Labute approximate surface area is 141 Å². The minimum atomic E-state index is 0.676. The van der Waals surface area contributed by atoms with Crippen molar-refractivity contribution in [3.05, 3.63) is 45.9 Å². The van der Waals surface area contributed by atoms with E-state index in [2.05, 4.69) is 26.0 Å². The van der Waals surface area contributed by atoms with Crippen LogP contribution in [0.5, 0.6) is 5.75 Å². The molecule has 0 amide bonds. The second-order valence-electron chi connectivity index (χ2n) is 5.15. The summed E-state index contributed by atoms with van der Waals surface area (Å²) in [5, 5.41) is 9.93. The van der Waals surface area contributed by atoms with E-state index in [1.165, 1.54) is 5.01 Å². The Morgan fingerprint density at radius 2 is 2.13 bits per heavy atom. The topological polar surface area (TPSA) is 58.5 Å². The van der Waals surface area contributed by atoms with Crippen LogP contribution in [0.2, 0.25) is 0 Å². The summed E-state index contributed by atoms with van der Waals surface area (Å²) in [6.07, 6.45) is 2.03. The van der Waals surface area contributed by atoms with Gasteiger partial charge in [0.1, 0.15) is 5.75 Å². The molecular formula is C17H24N4OS. The number of hydrogen-bond donors (Lipinski definition) is 2. The fraction of sp³-hybridized carbons (Fsp3) is 0.412. The Hall–Kier alpha value is -2.08. The molecule has 0 aliphatic heterocycles. The van der Waals surface area contributed by atoms with Gasteiger partial charge in [-0.05, 0) is 19.4 Å². The number of aryl methyl sites for hydroxylation is 2. The number of guanidine groups is 1. The fourth-order valence-corrected chi connectivity index (χ4v) is 3.03. The second-order valence-corrected chi connectivity index (χ2v) is 6.09. The standard InChI is InChI=1S/C17H24N4OS/c1-13-12-23-16(21-13)9-6-10-19-17(18-2)20-11-14-7-4-5-8-15(14)22-3/h4-5,7-8,12H,6,9-11H2,1-3H3,(H2,18,19,20). The molecule has 124 valence electrons. The maximum atomic E-state index is 5.35. The zero-order chi connectivity index (χ0) is 16.5. The van der Waals surface area contributed by atoms with Crippen LogP contribution in [-0.2, 0) is 13.0 Å². The van der Waals surface area contributed by atoms with Crippen molar-refractivity contribution in [3.8, 4) is 5.75 Å². The van der Waals surface area contributed by atoms with E-state index in [1.54, 1.807) is 25.5 Å². The number of para-hydroxylation sites is 1. The molecule has 2 rings (SSSR count). The van der Waals surface area contributed by atoms with Gasteiger partial charge < -0.3 is 15.4 Å². The van der Waals surface area contributed by atoms with Crippen LogP contribution < -0.4 is 15.4 Å². The van der Waals surface area contributed by atoms with Gasteiger partial charge in [0.15, 0.2) is 5.96 Å². The molecule has 0 saturated heterocycles. The zero-order valence-corrected chi connectivity index (χ0v) is 14.7. The van der Waals surface area contributed by atoms with E-state index in [9.17, 15) is 0 Å². The summed E-state index contributed by atoms with van der Waals surface area (Å²) in [7, 11) is 3.47. The van der Waals surface area contributed by atoms with Gasteiger partial charge in [0.05, 0.1) is 12.1 Å². The maximum absolute atomic E-state index is 5.35. The van der Waals surface area contributed by atoms with Crippen molar-refractivity contribution in [3.63, 3.8) is 0 Å². The van der Waals surface area contributed by atoms with E-state index >= 15 is 0 Å². The van der Waals surface area contributed by atoms with Crippen molar-refractivity contribution >= 4 is 17.3 Å². The molecule has 6 heteroatoms. The van der Waals surface area contributed by atoms with Crippen LogP contribution in [0.1, 0.15) is 22.7 Å². The van der Waals surface area contributed by atoms with Gasteiger partial charge in [0.2, 0.25) is 0 Å². The van der Waals surface area contributed by atoms with Crippen molar-refractivity contribution in [2.75, 3.05) is 20.7 Å². The van der Waals surface area contributed by atoms with E-state index in [4.69, 9.17) is 4.74 Å². The highest BCUT2D eigenvalue weighted by molar-refractivity contribution is 7.09. The smallest absolute Gasteiger partial charge is 0.191 e. The van der Waals surface area contributed by atoms with Crippen LogP contribution in [0.15, 0.2) is 34.6 Å². The molecular weight excluding hydrogens is 308 g/mol. The lowest BCUT2D eigenvalue weighted by Crippen LogP contribution is -2.37. The summed E-state index contributed by atoms with van der Waals surface area (Å²) in [6.45, 7) is 3.57. The molecule has 1 aromatic heterocycles. The van der Waals surface area contributed by atoms with E-state index in [1.807, 2.05) is 31.2 Å². The number of ether oxygens (including phenoxy) is 1. The molecule has 1 heterocycles. The highest BCUT2D eigenvalue weighted by atomic mass is 32.1. The number of thiazole rings is 1. The molecule has 0 fully saturated rings. The third-order valence-electron chi connectivity index (χ3n) is 3.39. The summed E-state index contributed by atoms with van der Waals surface area (Å²) >= 11 is 1.73. The highest BCUT2D eigenvalue weighted by Crippen LogP contribution is 2.16. The average molecular weight is 332 g/mol. The predicted molar refractivity (Wildman–Crippen MR) is 96.4 cm³/mol. The first-order valence-corrected chi connectivity index (χ1v) is 8.58. The summed E-state index contributed by atoms with van der Waals surface area (Å²) in [4.78, 5) is 8.72. The SMILES string of the molecule is CN=C(NCCCc1nc(C)cs1)NCc1ccccc1OC. The molecule has 0 aliphatic rings. The van der Waals surface area contributed by atoms with Gasteiger partial charge >= 0.3 is 0 Å². The molecule has 0 aliphatic carbocycles. The number of hydrogen-bond acceptors (Lipinski definition) is 4. The van der Waals surface area contributed by atoms with Crippen LogP contribution in [0.3, 0.4) is 0 Å². The Morgan fingerprint density at radius 1 is 1.30 bits per heavy atom. The van der Waals surface area contributed by atoms with Crippen molar-refractivity contribution in [1.82, 2.24) is 15.6 Å². The van der Waals surface area contributed by atoms with Crippen LogP contribution in [0.4, 0.5) is 0 Å². The molecule has 0 radical (unpaired) electrons. The van der Waals surface area contributed by atoms with Crippen LogP contribution in [0.25, 0.3) is 0 Å². The van der Waals surface area contributed by atoms with Gasteiger partial charge in [-0.1, -0.05) is 18.2 Å². The largest absolute Gasteiger partial charge is 0.496 e. The minimum absolute atomic E-state index is 0.676. The number of rotatable bonds is 7. The molecule has 2 aromatic rings. The second kappa shape index (κ2) is 9.15. The molecule has 0 unspecified atom stereocenters. The fourth-order valence-electron chi connectivity index (χ4n) is 2.21. The van der Waals surface area contributed by atoms with Gasteiger partial charge in [-0.15, -0.1) is 11.3 Å². The van der Waals surface area contributed by atoms with E-state index in [-0.39, 0.29) is 0 Å². The summed E-state index contributed by atoms with van der Waals surface area (Å²) < 4.78 is 5.35. The van der Waals surface area contributed by atoms with E-state index in [0.717, 1.165) is 42.4 Å². The van der Waals surface area contributed by atoms with Gasteiger partial charge in [0.25, 0.3) is 0 Å². The average Bonchev–Trinajstić information content (AvgIpc) is 3.00. The number of methoxy groups -OCH3 is 1. The normalized spacial score (nSPS) is 11.3. The minimum Gasteiger partial charge on any atom is -0.496 e. The molecule has 0 atom stereocenters. The zero-order valence-electron chi connectivity index (χ0n) is 13.9. The Bertz CT molecular complexity index is 639. The third kappa shape index (κ3) is 5.56. The van der Waals surface area contributed by atoms with Crippen molar-refractivity contribution in [2.24, 2.45) is 4.99 Å². The lowest BCUT2D eigenvalue weighted by molar-refractivity contribution is 0.409. The molecule has 23 heavy (non-hydrogen) atoms. The third-order valence-corrected chi connectivity index (χ3v) is 4.42. The van der Waals surface area contributed by atoms with Gasteiger partial charge in [-0.25, -0.2) is 4.98 Å². The van der Waals surface area contributed by atoms with Gasteiger partial charge in [-0.2, -0.15) is 0 Å². The molecule has 5 nitrogen and oxygen atoms in total. The van der Waals surface area contributed by atoms with Gasteiger partial charge in [0, 0.05) is 43.2 Å². The Balaban J connectivity index is 1.73. The molecule has 2 N–H and O–H groups in total. The van der Waals surface area contributed by atoms with Crippen molar-refractivity contribution < 1.29 is 4.74 Å². The van der Waals surface area contributed by atoms with Crippen molar-refractivity contribution in [2.45, 2.75) is 26.3 Å². The molecule has 0 spiro atoms. The number of aliphatic imine (C=N–C) groups is 1. The van der Waals surface area contributed by atoms with Crippen LogP contribution in [0, 0.1) is 6.92 Å². The molecule has 0 bridgehead atoms. The molecule has 1 aromatic carbocycles. The van der Waals surface area contributed by atoms with E-state index in [0.29, 0.717) is 6.54 Å². The first-order chi connectivity index (χ1) is 11.2. The Kier molecular flexibility index (Phi) is 6.87. The quantitative estimate of drug-likeness (QED) is 0.465. The summed E-state index contributed by atoms with van der Waals surface area (Å²) in [5.41, 5.74) is 2.21. The highest BCUT2D eigenvalue weighted by Gasteiger charge is 2.03. The Morgan fingerprint density at radius 3 is 2.83 bits per heavy atom. The maximum Gasteiger partial charge on any atom is 0.191 e. The van der Waals surface area contributed by atoms with E-state index < -0.39 is 0 Å². The predicted octanol–water partition coefficient (Wildman–Crippen LogP) is 2.76. The van der Waals surface area contributed by atoms with Gasteiger partial charge in [-0.3, -0.25) is 4.99 Å². The lowest BCUT2D eigenvalue weighted by Gasteiger charge is -2.13. The monoisotopic (exact) mass is 332 g/mol. The first kappa shape index (κ1) is 17.3. The number of aromatic nitrogens is 1. The summed E-state index contributed by atoms with van der Waals surface area (Å²) in [6, 6.07) is 7.98. The molecule has 0 saturated carbocycles. The lowest BCUT2D eigenvalue weighted by atomic mass is 10.2. The number of nitrogens with zero attached hydrogens (tertiary/aromatic N) is 2. The van der Waals surface area contributed by atoms with Crippen LogP contribution in [-0.4, -0.2) is 31.6 Å². The first-order valence-electron chi connectivity index (χ1n) is 7.70. The summed E-state index contributed by atoms with van der Waals surface area (Å²) in [5.74, 6) is 1.68.